The minimum absolute atomic E-state index is 0.323. The summed E-state index contributed by atoms with van der Waals surface area (Å²) in [5.74, 6) is -0.886. The van der Waals surface area contributed by atoms with Crippen LogP contribution in [0.2, 0.25) is 5.02 Å². The molecule has 0 radical (unpaired) electrons. The van der Waals surface area contributed by atoms with Gasteiger partial charge in [0.15, 0.2) is 5.54 Å². The molecule has 0 N–H and O–H groups in total. The molecule has 1 aromatic carbocycles. The summed E-state index contributed by atoms with van der Waals surface area (Å²) in [4.78, 5) is 36.8. The lowest BCUT2D eigenvalue weighted by molar-refractivity contribution is -0.209. The summed E-state index contributed by atoms with van der Waals surface area (Å²) < 4.78 is 9.31. The van der Waals surface area contributed by atoms with Crippen LogP contribution in [0.1, 0.15) is 19.4 Å². The molecule has 1 aliphatic heterocycles. The van der Waals surface area contributed by atoms with Gasteiger partial charge in [-0.05, 0) is 23.6 Å². The van der Waals surface area contributed by atoms with Gasteiger partial charge in [0.25, 0.3) is 5.91 Å². The summed E-state index contributed by atoms with van der Waals surface area (Å²) in [5, 5.41) is 2.11. The molecule has 0 aliphatic carbocycles. The molecule has 0 aromatic heterocycles. The largest absolute Gasteiger partial charge is 0.451 e. The number of hydrogen-bond acceptors (Lipinski definition) is 5. The minimum atomic E-state index is -1.36. The number of imide groups is 1. The maximum absolute atomic E-state index is 12.8. The Kier molecular flexibility index (Phi) is 4.51. The van der Waals surface area contributed by atoms with Crippen molar-refractivity contribution >= 4 is 29.7 Å². The second-order valence-electron chi connectivity index (χ2n) is 5.30. The van der Waals surface area contributed by atoms with E-state index in [0.29, 0.717) is 15.6 Å². The summed E-state index contributed by atoms with van der Waals surface area (Å²) in [5.41, 5.74) is -0.821. The molecule has 1 aromatic rings. The lowest BCUT2D eigenvalue weighted by Gasteiger charge is -2.56. The van der Waals surface area contributed by atoms with Crippen LogP contribution in [-0.2, 0) is 19.8 Å². The quantitative estimate of drug-likeness (QED) is 0.827. The zero-order valence-electron chi connectivity index (χ0n) is 13.2. The topological polar surface area (TPSA) is 76.2 Å². The highest BCUT2D eigenvalue weighted by molar-refractivity contribution is 6.30. The molecule has 0 saturated carbocycles. The van der Waals surface area contributed by atoms with Crippen molar-refractivity contribution in [2.75, 3.05) is 14.2 Å². The predicted molar refractivity (Wildman–Crippen MR) is 81.5 cm³/mol. The molecule has 7 nitrogen and oxygen atoms in total. The van der Waals surface area contributed by atoms with E-state index in [0.717, 1.165) is 12.1 Å². The Balaban J connectivity index is 2.61. The van der Waals surface area contributed by atoms with Gasteiger partial charge in [-0.1, -0.05) is 37.6 Å². The first-order chi connectivity index (χ1) is 10.8. The van der Waals surface area contributed by atoms with Crippen molar-refractivity contribution in [1.29, 1.82) is 0 Å². The minimum Gasteiger partial charge on any atom is -0.451 e. The van der Waals surface area contributed by atoms with E-state index in [2.05, 4.69) is 4.74 Å². The number of halogens is 1. The van der Waals surface area contributed by atoms with Crippen LogP contribution in [0.5, 0.6) is 0 Å². The van der Waals surface area contributed by atoms with E-state index in [4.69, 9.17) is 16.3 Å². The van der Waals surface area contributed by atoms with E-state index in [1.807, 2.05) is 0 Å². The Labute approximate surface area is 138 Å². The molecule has 1 saturated heterocycles. The number of methoxy groups -OCH3 is 2. The van der Waals surface area contributed by atoms with Crippen LogP contribution >= 0.6 is 11.6 Å². The molecule has 23 heavy (non-hydrogen) atoms. The van der Waals surface area contributed by atoms with Gasteiger partial charge in [-0.2, -0.15) is 5.01 Å². The van der Waals surface area contributed by atoms with Gasteiger partial charge in [0, 0.05) is 5.02 Å². The lowest BCUT2D eigenvalue weighted by Crippen LogP contribution is -2.79. The van der Waals surface area contributed by atoms with E-state index >= 15 is 0 Å². The zero-order valence-corrected chi connectivity index (χ0v) is 14.0. The smallest absolute Gasteiger partial charge is 0.436 e. The number of nitrogens with zero attached hydrogens (tertiary/aromatic N) is 2. The molecule has 124 valence electrons. The van der Waals surface area contributed by atoms with Crippen molar-refractivity contribution in [3.63, 3.8) is 0 Å². The Bertz CT molecular complexity index is 646. The normalized spacial score (nSPS) is 20.3. The van der Waals surface area contributed by atoms with Gasteiger partial charge in [-0.3, -0.25) is 4.79 Å². The highest BCUT2D eigenvalue weighted by Crippen LogP contribution is 2.47. The van der Waals surface area contributed by atoms with Gasteiger partial charge in [0.05, 0.1) is 14.2 Å². The van der Waals surface area contributed by atoms with E-state index in [1.165, 1.54) is 7.11 Å². The summed E-state index contributed by atoms with van der Waals surface area (Å²) in [6.45, 7) is 3.55. The monoisotopic (exact) mass is 340 g/mol. The number of carbonyl (C=O) groups excluding carboxylic acids is 3. The van der Waals surface area contributed by atoms with E-state index < -0.39 is 23.6 Å². The van der Waals surface area contributed by atoms with Crippen LogP contribution < -0.4 is 0 Å². The molecule has 0 spiro atoms. The van der Waals surface area contributed by atoms with Gasteiger partial charge in [-0.25, -0.2) is 9.59 Å². The Morgan fingerprint density at radius 1 is 1.09 bits per heavy atom. The van der Waals surface area contributed by atoms with Gasteiger partial charge >= 0.3 is 12.2 Å². The fraction of sp³-hybridized carbons (Fsp3) is 0.400. The van der Waals surface area contributed by atoms with Crippen LogP contribution in [0.3, 0.4) is 0 Å². The summed E-state index contributed by atoms with van der Waals surface area (Å²) in [7, 11) is 2.30. The second kappa shape index (κ2) is 6.08. The first-order valence-electron chi connectivity index (χ1n) is 6.89. The van der Waals surface area contributed by atoms with Crippen LogP contribution in [0.25, 0.3) is 0 Å². The average Bonchev–Trinajstić information content (AvgIpc) is 2.53. The number of carbonyl (C=O) groups is 3. The Hall–Kier alpha value is -2.28. The maximum atomic E-state index is 12.8. The van der Waals surface area contributed by atoms with Crippen LogP contribution in [-0.4, -0.2) is 42.3 Å². The molecule has 1 atom stereocenters. The lowest BCUT2D eigenvalue weighted by atomic mass is 9.75. The third kappa shape index (κ3) is 2.31. The Morgan fingerprint density at radius 2 is 1.61 bits per heavy atom. The van der Waals surface area contributed by atoms with Crippen molar-refractivity contribution in [3.8, 4) is 0 Å². The fourth-order valence-corrected chi connectivity index (χ4v) is 2.92. The summed E-state index contributed by atoms with van der Waals surface area (Å²) in [6, 6.07) is 6.52. The van der Waals surface area contributed by atoms with Gasteiger partial charge < -0.3 is 9.47 Å². The van der Waals surface area contributed by atoms with Crippen molar-refractivity contribution in [2.45, 2.75) is 19.4 Å². The molecule has 0 unspecified atom stereocenters. The molecule has 1 aliphatic rings. The molecule has 2 rings (SSSR count). The van der Waals surface area contributed by atoms with Gasteiger partial charge in [-0.15, -0.1) is 5.01 Å². The molecule has 1 fully saturated rings. The van der Waals surface area contributed by atoms with Crippen molar-refractivity contribution in [1.82, 2.24) is 10.0 Å². The number of hydrazine groups is 1. The third-order valence-corrected chi connectivity index (χ3v) is 4.12. The highest BCUT2D eigenvalue weighted by Gasteiger charge is 2.67. The standard InChI is InChI=1S/C15H17ClN2O5/c1-9(2)15(10-5-7-11(16)8-6-10)12(19)17(13(20)22-3)18(15)14(21)23-4/h5-9H,1-4H3/t15-/m0/s1. The third-order valence-electron chi connectivity index (χ3n) is 3.87. The highest BCUT2D eigenvalue weighted by atomic mass is 35.5. The van der Waals surface area contributed by atoms with Crippen molar-refractivity contribution < 1.29 is 23.9 Å². The SMILES string of the molecule is COC(=O)N1C(=O)[C@@](c2ccc(Cl)cc2)(C(C)C)N1C(=O)OC. The first kappa shape index (κ1) is 17.1. The van der Waals surface area contributed by atoms with Gasteiger partial charge in [0.2, 0.25) is 0 Å². The molecular weight excluding hydrogens is 324 g/mol. The summed E-state index contributed by atoms with van der Waals surface area (Å²) in [6.07, 6.45) is -1.79. The molecule has 1 heterocycles. The van der Waals surface area contributed by atoms with Crippen molar-refractivity contribution in [2.24, 2.45) is 5.92 Å². The number of rotatable bonds is 2. The molecular formula is C15H17ClN2O5. The maximum Gasteiger partial charge on any atom is 0.436 e. The van der Waals surface area contributed by atoms with Crippen LogP contribution in [0, 0.1) is 5.92 Å². The summed E-state index contributed by atoms with van der Waals surface area (Å²) >= 11 is 5.89. The number of amides is 3. The van der Waals surface area contributed by atoms with Gasteiger partial charge in [0.1, 0.15) is 0 Å². The van der Waals surface area contributed by atoms with Crippen molar-refractivity contribution in [3.05, 3.63) is 34.9 Å². The second-order valence-corrected chi connectivity index (χ2v) is 5.73. The number of benzene rings is 1. The fourth-order valence-electron chi connectivity index (χ4n) is 2.79. The van der Waals surface area contributed by atoms with Crippen LogP contribution in [0.15, 0.2) is 24.3 Å². The zero-order chi connectivity index (χ0) is 17.4. The predicted octanol–water partition coefficient (Wildman–Crippen LogP) is 2.78. The van der Waals surface area contributed by atoms with Crippen LogP contribution in [0.4, 0.5) is 9.59 Å². The Morgan fingerprint density at radius 3 is 2.04 bits per heavy atom. The number of ether oxygens (including phenoxy) is 2. The first-order valence-corrected chi connectivity index (χ1v) is 7.26. The average molecular weight is 341 g/mol. The molecule has 3 amide bonds. The van der Waals surface area contributed by atoms with E-state index in [9.17, 15) is 14.4 Å². The number of hydrogen-bond donors (Lipinski definition) is 0. The van der Waals surface area contributed by atoms with E-state index in [-0.39, 0.29) is 5.92 Å². The molecule has 8 heteroatoms. The molecule has 0 bridgehead atoms. The van der Waals surface area contributed by atoms with E-state index in [1.54, 1.807) is 38.1 Å².